The van der Waals surface area contributed by atoms with Crippen LogP contribution in [0.15, 0.2) is 0 Å². The molecule has 6 nitrogen and oxygen atoms in total. The lowest BCUT2D eigenvalue weighted by Gasteiger charge is -2.16. The number of phosphoric ester groups is 1. The van der Waals surface area contributed by atoms with Crippen LogP contribution in [0.2, 0.25) is 0 Å². The maximum absolute atomic E-state index is 11.8. The molecule has 0 aliphatic rings. The Labute approximate surface area is 115 Å². The summed E-state index contributed by atoms with van der Waals surface area (Å²) in [5.74, 6) is -1.98. The predicted molar refractivity (Wildman–Crippen MR) is 65.1 cm³/mol. The van der Waals surface area contributed by atoms with Crippen LogP contribution in [0, 0.1) is 0 Å². The molecule has 0 heterocycles. The third-order valence-corrected chi connectivity index (χ3v) is 3.59. The second-order valence-corrected chi connectivity index (χ2v) is 5.25. The lowest BCUT2D eigenvalue weighted by atomic mass is 10.3. The maximum Gasteiger partial charge on any atom is 0.474 e. The van der Waals surface area contributed by atoms with E-state index in [4.69, 9.17) is 13.6 Å². The average Bonchev–Trinajstić information content (AvgIpc) is 2.32. The summed E-state index contributed by atoms with van der Waals surface area (Å²) in [5.41, 5.74) is 0. The number of phosphoric acid groups is 1. The van der Waals surface area contributed by atoms with Crippen LogP contribution in [0.25, 0.3) is 0 Å². The fourth-order valence-corrected chi connectivity index (χ4v) is 2.34. The standard InChI is InChI=1S/C10H19F3NO5P/c1-3-17-20(16,18-4-2)19-8-6-5-7-14-9(15)10(11,12)13/h3-8H2,1-2H3,(H,14,15). The highest BCUT2D eigenvalue weighted by Gasteiger charge is 2.38. The molecule has 0 aliphatic heterocycles. The van der Waals surface area contributed by atoms with Crippen LogP contribution >= 0.6 is 7.82 Å². The Hall–Kier alpha value is -0.630. The number of rotatable bonds is 10. The first-order valence-corrected chi connectivity index (χ1v) is 7.60. The minimum atomic E-state index is -4.88. The van der Waals surface area contributed by atoms with Gasteiger partial charge in [-0.15, -0.1) is 0 Å². The Balaban J connectivity index is 3.80. The molecule has 0 fully saturated rings. The normalized spacial score (nSPS) is 12.4. The Morgan fingerprint density at radius 3 is 2.10 bits per heavy atom. The first kappa shape index (κ1) is 19.4. The van der Waals surface area contributed by atoms with E-state index in [1.54, 1.807) is 19.2 Å². The minimum Gasteiger partial charge on any atom is -0.348 e. The van der Waals surface area contributed by atoms with Crippen molar-refractivity contribution in [3.05, 3.63) is 0 Å². The van der Waals surface area contributed by atoms with Gasteiger partial charge in [-0.2, -0.15) is 13.2 Å². The molecule has 0 aromatic carbocycles. The highest BCUT2D eigenvalue weighted by molar-refractivity contribution is 7.48. The summed E-state index contributed by atoms with van der Waals surface area (Å²) in [6, 6.07) is 0. The van der Waals surface area contributed by atoms with Gasteiger partial charge in [0.1, 0.15) is 0 Å². The lowest BCUT2D eigenvalue weighted by molar-refractivity contribution is -0.173. The van der Waals surface area contributed by atoms with Gasteiger partial charge in [0.25, 0.3) is 0 Å². The van der Waals surface area contributed by atoms with Gasteiger partial charge in [0.05, 0.1) is 19.8 Å². The molecule has 0 radical (unpaired) electrons. The van der Waals surface area contributed by atoms with Crippen molar-refractivity contribution in [1.82, 2.24) is 5.32 Å². The molecule has 0 atom stereocenters. The maximum atomic E-state index is 11.8. The average molecular weight is 321 g/mol. The van der Waals surface area contributed by atoms with Crippen LogP contribution in [-0.2, 0) is 22.9 Å². The Kier molecular flexibility index (Phi) is 9.04. The van der Waals surface area contributed by atoms with Gasteiger partial charge in [0, 0.05) is 6.54 Å². The molecule has 10 heteroatoms. The summed E-state index contributed by atoms with van der Waals surface area (Å²) in [5, 5.41) is 1.72. The predicted octanol–water partition coefficient (Wildman–Crippen LogP) is 2.64. The first-order valence-electron chi connectivity index (χ1n) is 6.14. The highest BCUT2D eigenvalue weighted by atomic mass is 31.2. The van der Waals surface area contributed by atoms with E-state index in [2.05, 4.69) is 0 Å². The molecular weight excluding hydrogens is 302 g/mol. The van der Waals surface area contributed by atoms with E-state index in [0.717, 1.165) is 0 Å². The fourth-order valence-electron chi connectivity index (χ4n) is 1.13. The number of halogens is 3. The van der Waals surface area contributed by atoms with Crippen molar-refractivity contribution >= 4 is 13.7 Å². The van der Waals surface area contributed by atoms with Crippen molar-refractivity contribution < 1.29 is 36.1 Å². The number of nitrogens with one attached hydrogen (secondary N) is 1. The Morgan fingerprint density at radius 2 is 1.65 bits per heavy atom. The lowest BCUT2D eigenvalue weighted by Crippen LogP contribution is -2.37. The van der Waals surface area contributed by atoms with Crippen molar-refractivity contribution in [3.8, 4) is 0 Å². The van der Waals surface area contributed by atoms with Gasteiger partial charge in [0.2, 0.25) is 0 Å². The number of carbonyl (C=O) groups excluding carboxylic acids is 1. The Bertz CT molecular complexity index is 327. The molecule has 0 unspecified atom stereocenters. The fraction of sp³-hybridized carbons (Fsp3) is 0.900. The molecule has 0 aromatic heterocycles. The number of amides is 1. The van der Waals surface area contributed by atoms with Crippen LogP contribution in [0.1, 0.15) is 26.7 Å². The molecule has 0 aliphatic carbocycles. The van der Waals surface area contributed by atoms with Gasteiger partial charge in [-0.3, -0.25) is 18.4 Å². The van der Waals surface area contributed by atoms with Crippen molar-refractivity contribution in [2.24, 2.45) is 0 Å². The van der Waals surface area contributed by atoms with Gasteiger partial charge >= 0.3 is 19.9 Å². The minimum absolute atomic E-state index is 0.000827. The van der Waals surface area contributed by atoms with Crippen LogP contribution < -0.4 is 5.32 Å². The molecule has 0 aromatic rings. The first-order chi connectivity index (χ1) is 9.25. The molecule has 0 saturated heterocycles. The summed E-state index contributed by atoms with van der Waals surface area (Å²) in [4.78, 5) is 10.5. The summed E-state index contributed by atoms with van der Waals surface area (Å²) in [6.45, 7) is 3.41. The summed E-state index contributed by atoms with van der Waals surface area (Å²) in [7, 11) is -3.58. The number of alkyl halides is 3. The van der Waals surface area contributed by atoms with Crippen molar-refractivity contribution in [2.45, 2.75) is 32.9 Å². The topological polar surface area (TPSA) is 73.9 Å². The summed E-state index contributed by atoms with van der Waals surface area (Å²) in [6.07, 6.45) is -4.32. The molecule has 0 saturated carbocycles. The Morgan fingerprint density at radius 1 is 1.10 bits per heavy atom. The monoisotopic (exact) mass is 321 g/mol. The second-order valence-electron chi connectivity index (χ2n) is 3.58. The number of hydrogen-bond donors (Lipinski definition) is 1. The van der Waals surface area contributed by atoms with Gasteiger partial charge in [0.15, 0.2) is 0 Å². The van der Waals surface area contributed by atoms with E-state index >= 15 is 0 Å². The van der Waals surface area contributed by atoms with Crippen molar-refractivity contribution in [2.75, 3.05) is 26.4 Å². The quantitative estimate of drug-likeness (QED) is 0.494. The highest BCUT2D eigenvalue weighted by Crippen LogP contribution is 2.49. The largest absolute Gasteiger partial charge is 0.474 e. The van der Waals surface area contributed by atoms with Crippen LogP contribution in [-0.4, -0.2) is 38.4 Å². The van der Waals surface area contributed by atoms with E-state index in [9.17, 15) is 22.5 Å². The van der Waals surface area contributed by atoms with E-state index < -0.39 is 19.9 Å². The number of carbonyl (C=O) groups is 1. The molecule has 20 heavy (non-hydrogen) atoms. The molecule has 0 bridgehead atoms. The third-order valence-electron chi connectivity index (χ3n) is 1.94. The van der Waals surface area contributed by atoms with Gasteiger partial charge < -0.3 is 5.32 Å². The smallest absolute Gasteiger partial charge is 0.348 e. The molecular formula is C10H19F3NO5P. The van der Waals surface area contributed by atoms with Crippen LogP contribution in [0.5, 0.6) is 0 Å². The van der Waals surface area contributed by atoms with E-state index in [1.807, 2.05) is 0 Å². The van der Waals surface area contributed by atoms with E-state index in [0.29, 0.717) is 6.42 Å². The van der Waals surface area contributed by atoms with E-state index in [-0.39, 0.29) is 32.8 Å². The van der Waals surface area contributed by atoms with Crippen LogP contribution in [0.4, 0.5) is 13.2 Å². The zero-order valence-electron chi connectivity index (χ0n) is 11.4. The molecule has 120 valence electrons. The molecule has 1 amide bonds. The van der Waals surface area contributed by atoms with E-state index in [1.165, 1.54) is 0 Å². The van der Waals surface area contributed by atoms with Crippen LogP contribution in [0.3, 0.4) is 0 Å². The summed E-state index contributed by atoms with van der Waals surface area (Å²) >= 11 is 0. The molecule has 1 N–H and O–H groups in total. The van der Waals surface area contributed by atoms with Gasteiger partial charge in [-0.25, -0.2) is 4.57 Å². The SMILES string of the molecule is CCOP(=O)(OCC)OCCCCNC(=O)C(F)(F)F. The summed E-state index contributed by atoms with van der Waals surface area (Å²) < 4.78 is 62.0. The number of hydrogen-bond acceptors (Lipinski definition) is 5. The molecule has 0 spiro atoms. The van der Waals surface area contributed by atoms with Gasteiger partial charge in [-0.1, -0.05) is 0 Å². The van der Waals surface area contributed by atoms with Gasteiger partial charge in [-0.05, 0) is 26.7 Å². The molecule has 0 rings (SSSR count). The van der Waals surface area contributed by atoms with Crippen molar-refractivity contribution in [3.63, 3.8) is 0 Å². The second kappa shape index (κ2) is 9.33. The van der Waals surface area contributed by atoms with Crippen molar-refractivity contribution in [1.29, 1.82) is 0 Å². The zero-order valence-corrected chi connectivity index (χ0v) is 12.3. The zero-order chi connectivity index (χ0) is 15.6. The third kappa shape index (κ3) is 8.52. The number of unbranched alkanes of at least 4 members (excludes halogenated alkanes) is 1.